The van der Waals surface area contributed by atoms with Crippen molar-refractivity contribution in [3.63, 3.8) is 0 Å². The van der Waals surface area contributed by atoms with Crippen molar-refractivity contribution in [1.82, 2.24) is 5.32 Å². The van der Waals surface area contributed by atoms with Gasteiger partial charge in [0.1, 0.15) is 0 Å². The van der Waals surface area contributed by atoms with E-state index in [4.69, 9.17) is 0 Å². The third kappa shape index (κ3) is 2.79. The van der Waals surface area contributed by atoms with Crippen LogP contribution in [0.1, 0.15) is 71.1 Å². The van der Waals surface area contributed by atoms with Gasteiger partial charge in [0.2, 0.25) is 0 Å². The topological polar surface area (TPSA) is 32.3 Å². The van der Waals surface area contributed by atoms with Gasteiger partial charge in [-0.3, -0.25) is 0 Å². The van der Waals surface area contributed by atoms with E-state index in [1.807, 2.05) is 0 Å². The third-order valence-electron chi connectivity index (χ3n) is 7.51. The van der Waals surface area contributed by atoms with Gasteiger partial charge in [-0.2, -0.15) is 0 Å². The average molecular weight is 291 g/mol. The zero-order valence-electron chi connectivity index (χ0n) is 13.7. The molecule has 5 fully saturated rings. The summed E-state index contributed by atoms with van der Waals surface area (Å²) in [6, 6.07) is 0.728. The molecule has 0 saturated heterocycles. The molecular formula is C19H33NO. The fourth-order valence-corrected chi connectivity index (χ4v) is 6.37. The highest BCUT2D eigenvalue weighted by molar-refractivity contribution is 5.02. The summed E-state index contributed by atoms with van der Waals surface area (Å²) in [5.41, 5.74) is -0.402. The van der Waals surface area contributed by atoms with Crippen molar-refractivity contribution in [3.05, 3.63) is 0 Å². The highest BCUT2D eigenvalue weighted by atomic mass is 16.3. The van der Waals surface area contributed by atoms with Crippen LogP contribution in [0.2, 0.25) is 0 Å². The van der Waals surface area contributed by atoms with Gasteiger partial charge in [0.05, 0.1) is 5.60 Å². The van der Waals surface area contributed by atoms with Gasteiger partial charge in [0.15, 0.2) is 0 Å². The molecule has 5 rings (SSSR count). The van der Waals surface area contributed by atoms with E-state index in [0.29, 0.717) is 0 Å². The molecule has 5 aliphatic rings. The van der Waals surface area contributed by atoms with Crippen LogP contribution in [0.5, 0.6) is 0 Å². The minimum atomic E-state index is -0.402. The molecular weight excluding hydrogens is 258 g/mol. The normalized spacial score (nSPS) is 52.3. The number of hydrogen-bond acceptors (Lipinski definition) is 2. The Labute approximate surface area is 130 Å². The molecule has 120 valence electrons. The summed E-state index contributed by atoms with van der Waals surface area (Å²) in [5, 5.41) is 14.7. The molecule has 2 N–H and O–H groups in total. The number of aliphatic hydroxyl groups is 1. The molecule has 5 saturated carbocycles. The first-order valence-electron chi connectivity index (χ1n) is 9.61. The molecule has 0 unspecified atom stereocenters. The third-order valence-corrected chi connectivity index (χ3v) is 7.51. The molecule has 0 radical (unpaired) electrons. The summed E-state index contributed by atoms with van der Waals surface area (Å²) in [4.78, 5) is 0. The molecule has 0 aliphatic heterocycles. The van der Waals surface area contributed by atoms with Crippen molar-refractivity contribution < 1.29 is 5.11 Å². The van der Waals surface area contributed by atoms with E-state index >= 15 is 0 Å². The molecule has 0 atom stereocenters. The van der Waals surface area contributed by atoms with Gasteiger partial charge in [-0.25, -0.2) is 0 Å². The van der Waals surface area contributed by atoms with E-state index in [0.717, 1.165) is 55.0 Å². The van der Waals surface area contributed by atoms with Gasteiger partial charge in [-0.1, -0.05) is 13.3 Å². The minimum absolute atomic E-state index is 0.402. The summed E-state index contributed by atoms with van der Waals surface area (Å²) < 4.78 is 0. The molecule has 0 aromatic carbocycles. The second kappa shape index (κ2) is 5.53. The number of nitrogens with one attached hydrogen (secondary N) is 1. The van der Waals surface area contributed by atoms with Gasteiger partial charge in [-0.15, -0.1) is 0 Å². The van der Waals surface area contributed by atoms with Crippen LogP contribution in [0.4, 0.5) is 0 Å². The Morgan fingerprint density at radius 1 is 0.952 bits per heavy atom. The van der Waals surface area contributed by atoms with Crippen LogP contribution in [-0.4, -0.2) is 23.3 Å². The van der Waals surface area contributed by atoms with Gasteiger partial charge in [0, 0.05) is 12.6 Å². The lowest BCUT2D eigenvalue weighted by atomic mass is 9.54. The Bertz CT molecular complexity index is 344. The molecule has 4 bridgehead atoms. The van der Waals surface area contributed by atoms with Gasteiger partial charge in [0.25, 0.3) is 0 Å². The molecule has 0 spiro atoms. The molecule has 2 heteroatoms. The van der Waals surface area contributed by atoms with Crippen LogP contribution in [0, 0.1) is 29.6 Å². The Hall–Kier alpha value is -0.0800. The lowest BCUT2D eigenvalue weighted by Gasteiger charge is -2.55. The largest absolute Gasteiger partial charge is 0.389 e. The number of rotatable bonds is 4. The van der Waals surface area contributed by atoms with Crippen LogP contribution >= 0.6 is 0 Å². The molecule has 5 aliphatic carbocycles. The van der Waals surface area contributed by atoms with Crippen molar-refractivity contribution in [3.8, 4) is 0 Å². The highest BCUT2D eigenvalue weighted by Crippen LogP contribution is 2.53. The number of hydrogen-bond donors (Lipinski definition) is 2. The molecule has 0 aromatic heterocycles. The van der Waals surface area contributed by atoms with E-state index in [2.05, 4.69) is 12.2 Å². The van der Waals surface area contributed by atoms with Crippen molar-refractivity contribution >= 4 is 0 Å². The van der Waals surface area contributed by atoms with Crippen LogP contribution < -0.4 is 5.32 Å². The first kappa shape index (κ1) is 14.5. The van der Waals surface area contributed by atoms with E-state index in [1.165, 1.54) is 51.4 Å². The van der Waals surface area contributed by atoms with Gasteiger partial charge < -0.3 is 10.4 Å². The second-order valence-electron chi connectivity index (χ2n) is 8.91. The Balaban J connectivity index is 1.33. The Kier molecular flexibility index (Phi) is 3.82. The van der Waals surface area contributed by atoms with Crippen molar-refractivity contribution in [1.29, 1.82) is 0 Å². The van der Waals surface area contributed by atoms with E-state index in [9.17, 15) is 5.11 Å². The predicted molar refractivity (Wildman–Crippen MR) is 86.0 cm³/mol. The minimum Gasteiger partial charge on any atom is -0.389 e. The molecule has 0 amide bonds. The highest BCUT2D eigenvalue weighted by Gasteiger charge is 2.48. The summed E-state index contributed by atoms with van der Waals surface area (Å²) >= 11 is 0. The molecule has 0 aromatic rings. The van der Waals surface area contributed by atoms with E-state index in [-0.39, 0.29) is 0 Å². The quantitative estimate of drug-likeness (QED) is 0.827. The van der Waals surface area contributed by atoms with E-state index in [1.54, 1.807) is 0 Å². The second-order valence-corrected chi connectivity index (χ2v) is 8.91. The molecule has 21 heavy (non-hydrogen) atoms. The summed E-state index contributed by atoms with van der Waals surface area (Å²) in [6.07, 6.45) is 13.2. The van der Waals surface area contributed by atoms with Crippen LogP contribution in [0.3, 0.4) is 0 Å². The summed E-state index contributed by atoms with van der Waals surface area (Å²) in [5.74, 6) is 4.82. The van der Waals surface area contributed by atoms with Crippen molar-refractivity contribution in [2.75, 3.05) is 6.54 Å². The summed E-state index contributed by atoms with van der Waals surface area (Å²) in [7, 11) is 0. The average Bonchev–Trinajstić information content (AvgIpc) is 2.47. The van der Waals surface area contributed by atoms with Crippen LogP contribution in [0.15, 0.2) is 0 Å². The Morgan fingerprint density at radius 3 is 2.05 bits per heavy atom. The lowest BCUT2D eigenvalue weighted by molar-refractivity contribution is -0.0420. The lowest BCUT2D eigenvalue weighted by Crippen LogP contribution is -2.57. The van der Waals surface area contributed by atoms with Crippen LogP contribution in [0.25, 0.3) is 0 Å². The first-order chi connectivity index (χ1) is 10.1. The standard InChI is InChI=1S/C19H33NO/c1-2-13-3-5-19(21,6-4-13)12-20-18-16-8-14-7-15(10-16)11-17(18)9-14/h13-18,20-21H,2-12H2,1H3. The Morgan fingerprint density at radius 2 is 1.52 bits per heavy atom. The molecule has 0 heterocycles. The summed E-state index contributed by atoms with van der Waals surface area (Å²) in [6.45, 7) is 3.15. The van der Waals surface area contributed by atoms with Crippen molar-refractivity contribution in [2.45, 2.75) is 82.8 Å². The maximum absolute atomic E-state index is 10.9. The maximum atomic E-state index is 10.9. The fourth-order valence-electron chi connectivity index (χ4n) is 6.37. The smallest absolute Gasteiger partial charge is 0.0771 e. The SMILES string of the molecule is CCC1CCC(O)(CNC2C3CC4CC(C3)CC2C4)CC1. The molecule has 2 nitrogen and oxygen atoms in total. The van der Waals surface area contributed by atoms with Gasteiger partial charge in [-0.05, 0) is 87.4 Å². The van der Waals surface area contributed by atoms with E-state index < -0.39 is 5.60 Å². The van der Waals surface area contributed by atoms with Gasteiger partial charge >= 0.3 is 0 Å². The fraction of sp³-hybridized carbons (Fsp3) is 1.00. The first-order valence-corrected chi connectivity index (χ1v) is 9.61. The zero-order chi connectivity index (χ0) is 14.4. The van der Waals surface area contributed by atoms with Crippen LogP contribution in [-0.2, 0) is 0 Å². The van der Waals surface area contributed by atoms with Crippen molar-refractivity contribution in [2.24, 2.45) is 29.6 Å². The monoisotopic (exact) mass is 291 g/mol. The zero-order valence-corrected chi connectivity index (χ0v) is 13.7. The maximum Gasteiger partial charge on any atom is 0.0771 e. The predicted octanol–water partition coefficient (Wildman–Crippen LogP) is 3.73.